The van der Waals surface area contributed by atoms with E-state index in [1.165, 1.54) is 6.07 Å². The summed E-state index contributed by atoms with van der Waals surface area (Å²) in [5, 5.41) is 11.1. The van der Waals surface area contributed by atoms with Gasteiger partial charge in [0.2, 0.25) is 0 Å². The number of carboxylic acid groups (broad SMARTS) is 1. The molecule has 2 N–H and O–H groups in total. The van der Waals surface area contributed by atoms with Gasteiger partial charge in [-0.2, -0.15) is 0 Å². The molecule has 0 saturated carbocycles. The second-order valence-electron chi connectivity index (χ2n) is 3.50. The molecule has 2 amide bonds. The molecule has 0 saturated heterocycles. The van der Waals surface area contributed by atoms with Crippen LogP contribution in [-0.2, 0) is 4.79 Å². The van der Waals surface area contributed by atoms with E-state index in [0.717, 1.165) is 17.0 Å². The molecule has 18 heavy (non-hydrogen) atoms. The fourth-order valence-corrected chi connectivity index (χ4v) is 1.54. The molecule has 0 bridgehead atoms. The van der Waals surface area contributed by atoms with Gasteiger partial charge in [-0.3, -0.25) is 4.79 Å². The van der Waals surface area contributed by atoms with Crippen LogP contribution in [0.4, 0.5) is 14.9 Å². The molecule has 0 aliphatic rings. The number of rotatable bonds is 4. The van der Waals surface area contributed by atoms with Crippen molar-refractivity contribution >= 4 is 29.3 Å². The van der Waals surface area contributed by atoms with Crippen molar-refractivity contribution in [2.75, 3.05) is 18.4 Å². The number of carbonyl (C=O) groups excluding carboxylic acids is 1. The van der Waals surface area contributed by atoms with Crippen molar-refractivity contribution in [3.05, 3.63) is 29.0 Å². The summed E-state index contributed by atoms with van der Waals surface area (Å²) in [7, 11) is 0. The van der Waals surface area contributed by atoms with Crippen molar-refractivity contribution in [2.24, 2.45) is 0 Å². The van der Waals surface area contributed by atoms with Gasteiger partial charge in [0.05, 0.1) is 0 Å². The minimum Gasteiger partial charge on any atom is -0.480 e. The number of amides is 2. The molecule has 0 radical (unpaired) electrons. The maximum absolute atomic E-state index is 13.0. The van der Waals surface area contributed by atoms with E-state index in [0.29, 0.717) is 0 Å². The third kappa shape index (κ3) is 4.21. The second-order valence-corrected chi connectivity index (χ2v) is 3.93. The first kappa shape index (κ1) is 14.2. The Morgan fingerprint density at radius 2 is 2.11 bits per heavy atom. The first-order valence-corrected chi connectivity index (χ1v) is 5.54. The smallest absolute Gasteiger partial charge is 0.323 e. The number of aliphatic carboxylic acids is 1. The Bertz CT molecular complexity index is 447. The molecule has 0 spiro atoms. The molecule has 0 atom stereocenters. The van der Waals surface area contributed by atoms with Gasteiger partial charge in [0.25, 0.3) is 0 Å². The zero-order valence-electron chi connectivity index (χ0n) is 9.61. The maximum Gasteiger partial charge on any atom is 0.323 e. The number of halogens is 2. The summed E-state index contributed by atoms with van der Waals surface area (Å²) in [6, 6.07) is 2.95. The van der Waals surface area contributed by atoms with Crippen molar-refractivity contribution in [3.8, 4) is 0 Å². The van der Waals surface area contributed by atoms with Crippen molar-refractivity contribution in [1.29, 1.82) is 0 Å². The highest BCUT2D eigenvalue weighted by Crippen LogP contribution is 2.18. The number of benzene rings is 1. The summed E-state index contributed by atoms with van der Waals surface area (Å²) >= 11 is 5.63. The highest BCUT2D eigenvalue weighted by molar-refractivity contribution is 6.30. The van der Waals surface area contributed by atoms with Crippen LogP contribution < -0.4 is 5.32 Å². The number of likely N-dealkylation sites (N-methyl/N-ethyl adjacent to an activating group) is 1. The predicted molar refractivity (Wildman–Crippen MR) is 65.3 cm³/mol. The molecule has 0 aliphatic carbocycles. The molecule has 0 fully saturated rings. The van der Waals surface area contributed by atoms with E-state index < -0.39 is 24.4 Å². The molecule has 7 heteroatoms. The molecule has 1 aromatic carbocycles. The molecule has 0 unspecified atom stereocenters. The molecule has 0 heterocycles. The number of anilines is 1. The minimum atomic E-state index is -1.12. The molecule has 0 aromatic heterocycles. The van der Waals surface area contributed by atoms with Gasteiger partial charge in [-0.1, -0.05) is 11.6 Å². The van der Waals surface area contributed by atoms with E-state index in [-0.39, 0.29) is 17.3 Å². The molecule has 98 valence electrons. The summed E-state index contributed by atoms with van der Waals surface area (Å²) in [5.41, 5.74) is 0.175. The third-order valence-corrected chi connectivity index (χ3v) is 2.33. The fourth-order valence-electron chi connectivity index (χ4n) is 1.32. The Hall–Kier alpha value is -1.82. The van der Waals surface area contributed by atoms with Crippen LogP contribution in [0, 0.1) is 5.82 Å². The Kier molecular flexibility index (Phi) is 4.91. The molecule has 1 aromatic rings. The lowest BCUT2D eigenvalue weighted by molar-refractivity contribution is -0.137. The van der Waals surface area contributed by atoms with Gasteiger partial charge >= 0.3 is 12.0 Å². The molecule has 5 nitrogen and oxygen atoms in total. The second kappa shape index (κ2) is 6.20. The molecular formula is C11H12ClFN2O3. The van der Waals surface area contributed by atoms with Crippen LogP contribution in [0.1, 0.15) is 6.92 Å². The van der Waals surface area contributed by atoms with E-state index in [2.05, 4.69) is 5.32 Å². The van der Waals surface area contributed by atoms with Crippen LogP contribution >= 0.6 is 11.6 Å². The lowest BCUT2D eigenvalue weighted by Crippen LogP contribution is -2.38. The zero-order valence-corrected chi connectivity index (χ0v) is 10.4. The SMILES string of the molecule is CCN(CC(=O)O)C(=O)Nc1cc(F)cc(Cl)c1. The monoisotopic (exact) mass is 274 g/mol. The van der Waals surface area contributed by atoms with Gasteiger partial charge < -0.3 is 15.3 Å². The van der Waals surface area contributed by atoms with Crippen molar-refractivity contribution < 1.29 is 19.1 Å². The summed E-state index contributed by atoms with van der Waals surface area (Å²) in [5.74, 6) is -1.71. The number of carboxylic acids is 1. The average molecular weight is 275 g/mol. The zero-order chi connectivity index (χ0) is 13.7. The van der Waals surface area contributed by atoms with E-state index in [4.69, 9.17) is 16.7 Å². The van der Waals surface area contributed by atoms with Crippen LogP contribution in [0.15, 0.2) is 18.2 Å². The predicted octanol–water partition coefficient (Wildman–Crippen LogP) is 2.42. The molecular weight excluding hydrogens is 263 g/mol. The highest BCUT2D eigenvalue weighted by atomic mass is 35.5. The van der Waals surface area contributed by atoms with Gasteiger partial charge in [-0.25, -0.2) is 9.18 Å². The normalized spacial score (nSPS) is 9.94. The number of urea groups is 1. The Labute approximate surface area is 108 Å². The van der Waals surface area contributed by atoms with Crippen LogP contribution in [0.5, 0.6) is 0 Å². The number of nitrogens with one attached hydrogen (secondary N) is 1. The summed E-state index contributed by atoms with van der Waals surface area (Å²) in [4.78, 5) is 23.3. The maximum atomic E-state index is 13.0. The highest BCUT2D eigenvalue weighted by Gasteiger charge is 2.15. The van der Waals surface area contributed by atoms with Crippen LogP contribution in [0.2, 0.25) is 5.02 Å². The largest absolute Gasteiger partial charge is 0.480 e. The molecule has 0 aliphatic heterocycles. The van der Waals surface area contributed by atoms with Gasteiger partial charge in [0.1, 0.15) is 12.4 Å². The summed E-state index contributed by atoms with van der Waals surface area (Å²) < 4.78 is 13.0. The van der Waals surface area contributed by atoms with Crippen molar-refractivity contribution in [2.45, 2.75) is 6.92 Å². The minimum absolute atomic E-state index is 0.145. The fraction of sp³-hybridized carbons (Fsp3) is 0.273. The number of hydrogen-bond donors (Lipinski definition) is 2. The first-order valence-electron chi connectivity index (χ1n) is 5.16. The Morgan fingerprint density at radius 1 is 1.44 bits per heavy atom. The van der Waals surface area contributed by atoms with Crippen molar-refractivity contribution in [1.82, 2.24) is 4.90 Å². The van der Waals surface area contributed by atoms with Crippen LogP contribution in [0.3, 0.4) is 0 Å². The van der Waals surface area contributed by atoms with E-state index >= 15 is 0 Å². The third-order valence-electron chi connectivity index (χ3n) is 2.11. The van der Waals surface area contributed by atoms with Crippen LogP contribution in [0.25, 0.3) is 0 Å². The van der Waals surface area contributed by atoms with E-state index in [9.17, 15) is 14.0 Å². The lowest BCUT2D eigenvalue weighted by atomic mass is 10.3. The average Bonchev–Trinajstić information content (AvgIpc) is 2.23. The topological polar surface area (TPSA) is 69.6 Å². The Balaban J connectivity index is 2.76. The quantitative estimate of drug-likeness (QED) is 0.886. The van der Waals surface area contributed by atoms with Crippen molar-refractivity contribution in [3.63, 3.8) is 0 Å². The van der Waals surface area contributed by atoms with E-state index in [1.54, 1.807) is 6.92 Å². The Morgan fingerprint density at radius 3 is 2.61 bits per heavy atom. The van der Waals surface area contributed by atoms with Gasteiger partial charge in [-0.05, 0) is 25.1 Å². The number of carbonyl (C=O) groups is 2. The van der Waals surface area contributed by atoms with Gasteiger partial charge in [0.15, 0.2) is 0 Å². The summed E-state index contributed by atoms with van der Waals surface area (Å²) in [6.45, 7) is 1.44. The standard InChI is InChI=1S/C11H12ClFN2O3/c1-2-15(6-10(16)17)11(18)14-9-4-7(12)3-8(13)5-9/h3-5H,2,6H2,1H3,(H,14,18)(H,16,17). The first-order chi connectivity index (χ1) is 8.42. The number of hydrogen-bond acceptors (Lipinski definition) is 2. The lowest BCUT2D eigenvalue weighted by Gasteiger charge is -2.19. The number of nitrogens with zero attached hydrogens (tertiary/aromatic N) is 1. The van der Waals surface area contributed by atoms with E-state index in [1.807, 2.05) is 0 Å². The van der Waals surface area contributed by atoms with Gasteiger partial charge in [0, 0.05) is 17.3 Å². The van der Waals surface area contributed by atoms with Gasteiger partial charge in [-0.15, -0.1) is 0 Å². The summed E-state index contributed by atoms with van der Waals surface area (Å²) in [6.07, 6.45) is 0. The van der Waals surface area contributed by atoms with Crippen LogP contribution in [-0.4, -0.2) is 35.1 Å². The molecule has 1 rings (SSSR count).